The number of ketones is 1. The number of ether oxygens (including phenoxy) is 1. The SMILES string of the molecule is C=C(C)C(=O)C1CN(C(=O)OC(C)(C)C)CC1C. The zero-order valence-electron chi connectivity index (χ0n) is 11.9. The Kier molecular flexibility index (Phi) is 4.20. The van der Waals surface area contributed by atoms with Crippen LogP contribution in [0, 0.1) is 11.8 Å². The molecule has 0 aliphatic carbocycles. The van der Waals surface area contributed by atoms with E-state index in [-0.39, 0.29) is 23.7 Å². The van der Waals surface area contributed by atoms with E-state index in [0.29, 0.717) is 18.7 Å². The summed E-state index contributed by atoms with van der Waals surface area (Å²) in [5.41, 5.74) is 0.0504. The lowest BCUT2D eigenvalue weighted by Crippen LogP contribution is -2.36. The average molecular weight is 253 g/mol. The topological polar surface area (TPSA) is 46.6 Å². The highest BCUT2D eigenvalue weighted by Gasteiger charge is 2.38. The molecule has 4 heteroatoms. The van der Waals surface area contributed by atoms with Gasteiger partial charge in [0.05, 0.1) is 0 Å². The van der Waals surface area contributed by atoms with E-state index in [1.54, 1.807) is 11.8 Å². The van der Waals surface area contributed by atoms with E-state index in [0.717, 1.165) is 0 Å². The lowest BCUT2D eigenvalue weighted by atomic mass is 9.91. The average Bonchev–Trinajstić information content (AvgIpc) is 2.56. The number of likely N-dealkylation sites (tertiary alicyclic amines) is 1. The largest absolute Gasteiger partial charge is 0.444 e. The Balaban J connectivity index is 2.67. The molecule has 0 spiro atoms. The van der Waals surface area contributed by atoms with Crippen molar-refractivity contribution in [3.63, 3.8) is 0 Å². The van der Waals surface area contributed by atoms with Crippen molar-refractivity contribution >= 4 is 11.9 Å². The van der Waals surface area contributed by atoms with Gasteiger partial charge < -0.3 is 9.64 Å². The molecule has 0 bridgehead atoms. The fourth-order valence-electron chi connectivity index (χ4n) is 2.10. The van der Waals surface area contributed by atoms with Gasteiger partial charge in [0.15, 0.2) is 5.78 Å². The van der Waals surface area contributed by atoms with Crippen molar-refractivity contribution in [3.8, 4) is 0 Å². The quantitative estimate of drug-likeness (QED) is 0.711. The van der Waals surface area contributed by atoms with Crippen molar-refractivity contribution in [2.24, 2.45) is 11.8 Å². The molecular weight excluding hydrogens is 230 g/mol. The summed E-state index contributed by atoms with van der Waals surface area (Å²) < 4.78 is 5.31. The second-order valence-electron chi connectivity index (χ2n) is 6.11. The Labute approximate surface area is 109 Å². The van der Waals surface area contributed by atoms with E-state index in [1.165, 1.54) is 0 Å². The van der Waals surface area contributed by atoms with Crippen LogP contribution in [0.3, 0.4) is 0 Å². The zero-order valence-corrected chi connectivity index (χ0v) is 11.9. The van der Waals surface area contributed by atoms with Crippen LogP contribution in [0.1, 0.15) is 34.6 Å². The summed E-state index contributed by atoms with van der Waals surface area (Å²) in [5.74, 6) is 0.0605. The third kappa shape index (κ3) is 3.59. The predicted molar refractivity (Wildman–Crippen MR) is 70.3 cm³/mol. The summed E-state index contributed by atoms with van der Waals surface area (Å²) in [4.78, 5) is 25.5. The number of hydrogen-bond acceptors (Lipinski definition) is 3. The molecule has 102 valence electrons. The molecule has 1 aliphatic rings. The molecule has 0 aromatic carbocycles. The molecule has 2 unspecified atom stereocenters. The summed E-state index contributed by atoms with van der Waals surface area (Å²) in [5, 5.41) is 0. The van der Waals surface area contributed by atoms with Crippen molar-refractivity contribution in [1.29, 1.82) is 0 Å². The van der Waals surface area contributed by atoms with E-state index in [2.05, 4.69) is 6.58 Å². The van der Waals surface area contributed by atoms with Crippen molar-refractivity contribution in [3.05, 3.63) is 12.2 Å². The number of allylic oxidation sites excluding steroid dienone is 1. The van der Waals surface area contributed by atoms with Crippen molar-refractivity contribution in [2.45, 2.75) is 40.2 Å². The number of carbonyl (C=O) groups excluding carboxylic acids is 2. The molecule has 1 amide bonds. The summed E-state index contributed by atoms with van der Waals surface area (Å²) in [7, 11) is 0. The minimum absolute atomic E-state index is 0.0496. The van der Waals surface area contributed by atoms with E-state index in [4.69, 9.17) is 4.74 Å². The minimum Gasteiger partial charge on any atom is -0.444 e. The molecule has 0 aromatic heterocycles. The van der Waals surface area contributed by atoms with Crippen molar-refractivity contribution in [1.82, 2.24) is 4.90 Å². The number of rotatable bonds is 2. The molecule has 0 N–H and O–H groups in total. The van der Waals surface area contributed by atoms with Crippen LogP contribution in [0.25, 0.3) is 0 Å². The molecule has 1 fully saturated rings. The van der Waals surface area contributed by atoms with Crippen LogP contribution in [-0.4, -0.2) is 35.5 Å². The van der Waals surface area contributed by atoms with Crippen LogP contribution >= 0.6 is 0 Å². The monoisotopic (exact) mass is 253 g/mol. The van der Waals surface area contributed by atoms with Gasteiger partial charge in [-0.05, 0) is 39.2 Å². The van der Waals surface area contributed by atoms with E-state index >= 15 is 0 Å². The van der Waals surface area contributed by atoms with Crippen LogP contribution in [0.15, 0.2) is 12.2 Å². The van der Waals surface area contributed by atoms with Gasteiger partial charge in [-0.15, -0.1) is 0 Å². The first kappa shape index (κ1) is 14.7. The van der Waals surface area contributed by atoms with Gasteiger partial charge in [0.25, 0.3) is 0 Å². The lowest BCUT2D eigenvalue weighted by molar-refractivity contribution is -0.119. The van der Waals surface area contributed by atoms with Crippen LogP contribution in [0.4, 0.5) is 4.79 Å². The predicted octanol–water partition coefficient (Wildman–Crippen LogP) is 2.63. The second kappa shape index (κ2) is 5.12. The molecule has 1 saturated heterocycles. The molecule has 4 nitrogen and oxygen atoms in total. The van der Waals surface area contributed by atoms with Crippen LogP contribution < -0.4 is 0 Å². The van der Waals surface area contributed by atoms with E-state index < -0.39 is 5.60 Å². The van der Waals surface area contributed by atoms with Gasteiger partial charge in [-0.1, -0.05) is 13.5 Å². The zero-order chi connectivity index (χ0) is 14.1. The Hall–Kier alpha value is -1.32. The Morgan fingerprint density at radius 1 is 1.28 bits per heavy atom. The van der Waals surface area contributed by atoms with Crippen LogP contribution in [-0.2, 0) is 9.53 Å². The minimum atomic E-state index is -0.503. The Bertz CT molecular complexity index is 368. The normalized spacial score (nSPS) is 23.9. The van der Waals surface area contributed by atoms with Crippen LogP contribution in [0.2, 0.25) is 0 Å². The van der Waals surface area contributed by atoms with Gasteiger partial charge in [0, 0.05) is 19.0 Å². The Morgan fingerprint density at radius 3 is 2.28 bits per heavy atom. The number of hydrogen-bond donors (Lipinski definition) is 0. The summed E-state index contributed by atoms with van der Waals surface area (Å²) in [6.07, 6.45) is -0.341. The van der Waals surface area contributed by atoms with Crippen molar-refractivity contribution in [2.75, 3.05) is 13.1 Å². The third-order valence-corrected chi connectivity index (χ3v) is 3.02. The van der Waals surface area contributed by atoms with Gasteiger partial charge in [0.1, 0.15) is 5.60 Å². The fourth-order valence-corrected chi connectivity index (χ4v) is 2.10. The molecule has 0 aromatic rings. The molecule has 18 heavy (non-hydrogen) atoms. The maximum atomic E-state index is 11.9. The second-order valence-corrected chi connectivity index (χ2v) is 6.11. The Morgan fingerprint density at radius 2 is 1.83 bits per heavy atom. The van der Waals surface area contributed by atoms with E-state index in [1.807, 2.05) is 27.7 Å². The molecular formula is C14H23NO3. The molecule has 1 heterocycles. The lowest BCUT2D eigenvalue weighted by Gasteiger charge is -2.24. The number of carbonyl (C=O) groups is 2. The smallest absolute Gasteiger partial charge is 0.410 e. The van der Waals surface area contributed by atoms with E-state index in [9.17, 15) is 9.59 Å². The highest BCUT2D eigenvalue weighted by molar-refractivity contribution is 5.96. The van der Waals surface area contributed by atoms with Gasteiger partial charge in [-0.25, -0.2) is 4.79 Å². The third-order valence-electron chi connectivity index (χ3n) is 3.02. The standard InChI is InChI=1S/C14H23NO3/c1-9(2)12(16)11-8-15(7-10(11)3)13(17)18-14(4,5)6/h10-11H,1,7-8H2,2-6H3. The highest BCUT2D eigenvalue weighted by atomic mass is 16.6. The summed E-state index contributed by atoms with van der Waals surface area (Å²) in [6.45, 7) is 13.9. The highest BCUT2D eigenvalue weighted by Crippen LogP contribution is 2.27. The van der Waals surface area contributed by atoms with Crippen molar-refractivity contribution < 1.29 is 14.3 Å². The van der Waals surface area contributed by atoms with Crippen LogP contribution in [0.5, 0.6) is 0 Å². The molecule has 1 aliphatic heterocycles. The number of nitrogens with zero attached hydrogens (tertiary/aromatic N) is 1. The first-order valence-electron chi connectivity index (χ1n) is 6.29. The maximum absolute atomic E-state index is 11.9. The van der Waals surface area contributed by atoms with Gasteiger partial charge in [0.2, 0.25) is 0 Å². The van der Waals surface area contributed by atoms with Gasteiger partial charge in [-0.2, -0.15) is 0 Å². The fraction of sp³-hybridized carbons (Fsp3) is 0.714. The van der Waals surface area contributed by atoms with Gasteiger partial charge in [-0.3, -0.25) is 4.79 Å². The molecule has 0 radical (unpaired) electrons. The maximum Gasteiger partial charge on any atom is 0.410 e. The molecule has 1 rings (SSSR count). The molecule has 0 saturated carbocycles. The number of amides is 1. The van der Waals surface area contributed by atoms with Gasteiger partial charge >= 0.3 is 6.09 Å². The number of Topliss-reactive ketones (excluding diaryl/α,β-unsaturated/α-hetero) is 1. The summed E-state index contributed by atoms with van der Waals surface area (Å²) in [6, 6.07) is 0. The molecule has 2 atom stereocenters. The first-order chi connectivity index (χ1) is 8.11. The summed E-state index contributed by atoms with van der Waals surface area (Å²) >= 11 is 0. The first-order valence-corrected chi connectivity index (χ1v) is 6.29.